The number of carboxylic acids is 1. The van der Waals surface area contributed by atoms with E-state index >= 15 is 0 Å². The molecule has 4 saturated carbocycles. The number of halogens is 1. The van der Waals surface area contributed by atoms with Gasteiger partial charge in [-0.1, -0.05) is 58.9 Å². The molecule has 5 nitrogen and oxygen atoms in total. The number of hydrogen-bond donors (Lipinski definition) is 3. The molecular weight excluding hydrogens is 625 g/mol. The van der Waals surface area contributed by atoms with Gasteiger partial charge in [0.1, 0.15) is 6.67 Å². The van der Waals surface area contributed by atoms with Crippen LogP contribution in [0.15, 0.2) is 35.5 Å². The summed E-state index contributed by atoms with van der Waals surface area (Å²) in [5.74, 6) is 2.06. The van der Waals surface area contributed by atoms with Crippen molar-refractivity contribution in [1.82, 2.24) is 5.32 Å². The number of rotatable bonds is 8. The van der Waals surface area contributed by atoms with Crippen LogP contribution in [0.25, 0.3) is 0 Å². The van der Waals surface area contributed by atoms with Crippen LogP contribution in [-0.4, -0.2) is 53.8 Å². The average Bonchev–Trinajstić information content (AvgIpc) is 3.45. The van der Waals surface area contributed by atoms with Crippen LogP contribution in [0.3, 0.4) is 0 Å². The highest BCUT2D eigenvalue weighted by atomic mass is 19.1. The Morgan fingerprint density at radius 3 is 2.30 bits per heavy atom. The van der Waals surface area contributed by atoms with Crippen molar-refractivity contribution < 1.29 is 24.1 Å². The van der Waals surface area contributed by atoms with Gasteiger partial charge in [0.15, 0.2) is 0 Å². The average molecular weight is 694 g/mol. The van der Waals surface area contributed by atoms with Crippen molar-refractivity contribution in [3.63, 3.8) is 0 Å². The molecular formula is C44H68FNO4. The van der Waals surface area contributed by atoms with Gasteiger partial charge in [0.05, 0.1) is 11.0 Å². The van der Waals surface area contributed by atoms with Crippen molar-refractivity contribution in [2.45, 2.75) is 149 Å². The number of aliphatic carboxylic acids is 1. The summed E-state index contributed by atoms with van der Waals surface area (Å²) in [5, 5.41) is 25.3. The molecule has 1 heterocycles. The third-order valence-corrected chi connectivity index (χ3v) is 17.8. The zero-order valence-electron chi connectivity index (χ0n) is 32.3. The maximum absolute atomic E-state index is 14.0. The highest BCUT2D eigenvalue weighted by Crippen LogP contribution is 2.76. The first-order chi connectivity index (χ1) is 23.5. The van der Waals surface area contributed by atoms with Crippen molar-refractivity contribution in [3.05, 3.63) is 35.5 Å². The van der Waals surface area contributed by atoms with Crippen LogP contribution in [0, 0.1) is 56.7 Å². The molecule has 1 aliphatic heterocycles. The standard InChI is InChI=1S/C44H68FNO4/c1-29(2)31-12-19-44(46-25-22-43(49)23-26-50-27-24-43)21-20-40(6)33(36(31)44)8-9-35-39(5)15-13-32(38(3,4)34(39)14-16-41(35,40)7)30-10-17-42(28-45,18-11-30)37(47)48/h10,13,31,33-36,46,49H,1,8-9,11-12,14-28H2,2-7H3,(H,47,48)/t31-,33+,34-,35+,36+,39-,40+,41+,42-,44-/m0/s1. The summed E-state index contributed by atoms with van der Waals surface area (Å²) in [6.45, 7) is 21.3. The molecule has 0 aromatic carbocycles. The minimum atomic E-state index is -1.25. The smallest absolute Gasteiger partial charge is 0.312 e. The largest absolute Gasteiger partial charge is 0.481 e. The van der Waals surface area contributed by atoms with Gasteiger partial charge in [-0.2, -0.15) is 0 Å². The van der Waals surface area contributed by atoms with Gasteiger partial charge in [-0.3, -0.25) is 4.79 Å². The number of hydrogen-bond acceptors (Lipinski definition) is 4. The Bertz CT molecular complexity index is 1430. The molecule has 0 aromatic heterocycles. The first-order valence-electron chi connectivity index (χ1n) is 20.4. The van der Waals surface area contributed by atoms with E-state index < -0.39 is 23.7 Å². The van der Waals surface area contributed by atoms with Crippen LogP contribution in [0.2, 0.25) is 0 Å². The zero-order chi connectivity index (χ0) is 36.0. The van der Waals surface area contributed by atoms with E-state index in [0.29, 0.717) is 62.1 Å². The second-order valence-electron chi connectivity index (χ2n) is 20.1. The fourth-order valence-electron chi connectivity index (χ4n) is 14.7. The summed E-state index contributed by atoms with van der Waals surface area (Å²) in [6, 6.07) is 0. The van der Waals surface area contributed by atoms with Crippen LogP contribution in [0.1, 0.15) is 138 Å². The van der Waals surface area contributed by atoms with E-state index in [2.05, 4.69) is 65.6 Å². The summed E-state index contributed by atoms with van der Waals surface area (Å²) in [5.41, 5.74) is 3.08. The number of aliphatic hydroxyl groups is 1. The molecule has 1 saturated heterocycles. The Labute approximate surface area is 302 Å². The lowest BCUT2D eigenvalue weighted by Gasteiger charge is -2.72. The highest BCUT2D eigenvalue weighted by Gasteiger charge is 2.70. The Kier molecular flexibility index (Phi) is 9.24. The molecule has 0 aromatic rings. The Morgan fingerprint density at radius 1 is 0.920 bits per heavy atom. The number of nitrogens with one attached hydrogen (secondary N) is 1. The van der Waals surface area contributed by atoms with Gasteiger partial charge < -0.3 is 20.3 Å². The van der Waals surface area contributed by atoms with Crippen molar-refractivity contribution in [2.75, 3.05) is 26.4 Å². The van der Waals surface area contributed by atoms with E-state index in [0.717, 1.165) is 32.2 Å². The number of alkyl halides is 1. The van der Waals surface area contributed by atoms with Crippen LogP contribution >= 0.6 is 0 Å². The lowest BCUT2D eigenvalue weighted by molar-refractivity contribution is -0.221. The van der Waals surface area contributed by atoms with Gasteiger partial charge >= 0.3 is 5.97 Å². The van der Waals surface area contributed by atoms with Gasteiger partial charge in [-0.15, -0.1) is 0 Å². The van der Waals surface area contributed by atoms with Crippen LogP contribution < -0.4 is 5.32 Å². The van der Waals surface area contributed by atoms with Gasteiger partial charge in [0.2, 0.25) is 0 Å². The van der Waals surface area contributed by atoms with E-state index in [1.165, 1.54) is 68.1 Å². The van der Waals surface area contributed by atoms with Crippen molar-refractivity contribution >= 4 is 5.97 Å². The number of allylic oxidation sites excluding steroid dienone is 5. The predicted octanol–water partition coefficient (Wildman–Crippen LogP) is 9.60. The number of carbonyl (C=O) groups is 1. The number of carboxylic acid groups (broad SMARTS) is 1. The Morgan fingerprint density at radius 2 is 1.66 bits per heavy atom. The minimum Gasteiger partial charge on any atom is -0.481 e. The van der Waals surface area contributed by atoms with E-state index in [1.54, 1.807) is 0 Å². The Balaban J connectivity index is 1.15. The highest BCUT2D eigenvalue weighted by molar-refractivity contribution is 5.75. The second-order valence-corrected chi connectivity index (χ2v) is 20.1. The summed E-state index contributed by atoms with van der Waals surface area (Å²) in [6.07, 6.45) is 19.4. The molecule has 0 spiro atoms. The van der Waals surface area contributed by atoms with Crippen molar-refractivity contribution in [1.29, 1.82) is 0 Å². The molecule has 50 heavy (non-hydrogen) atoms. The van der Waals surface area contributed by atoms with Crippen LogP contribution in [0.4, 0.5) is 4.39 Å². The third-order valence-electron chi connectivity index (χ3n) is 17.8. The fraction of sp³-hybridized carbons (Fsp3) is 0.841. The van der Waals surface area contributed by atoms with Gasteiger partial charge in [0, 0.05) is 18.8 Å². The second kappa shape index (κ2) is 12.5. The molecule has 7 aliphatic rings. The van der Waals surface area contributed by atoms with Crippen molar-refractivity contribution in [2.24, 2.45) is 56.7 Å². The molecule has 5 fully saturated rings. The summed E-state index contributed by atoms with van der Waals surface area (Å²) >= 11 is 0. The number of ether oxygens (including phenoxy) is 1. The Hall–Kier alpha value is -1.50. The SMILES string of the molecule is C=C(C)[C@@H]1CC[C@]2(NCCC3(O)CCOCC3)CC[C@]3(C)[C@H](CC[C@@H]4[C@@]5(C)CC=C(C6=CC[C@](CF)(C(=O)O)CC6)C(C)(C)[C@@H]5CC[C@]43C)[C@@H]12. The summed E-state index contributed by atoms with van der Waals surface area (Å²) in [4.78, 5) is 12.0. The molecule has 6 heteroatoms. The fourth-order valence-corrected chi connectivity index (χ4v) is 14.7. The van der Waals surface area contributed by atoms with Gasteiger partial charge in [-0.25, -0.2) is 4.39 Å². The molecule has 6 aliphatic carbocycles. The zero-order valence-corrected chi connectivity index (χ0v) is 32.3. The third kappa shape index (κ3) is 5.32. The molecule has 0 bridgehead atoms. The van der Waals surface area contributed by atoms with E-state index in [-0.39, 0.29) is 27.2 Å². The molecule has 280 valence electrons. The van der Waals surface area contributed by atoms with E-state index in [1.807, 2.05) is 0 Å². The topological polar surface area (TPSA) is 78.8 Å². The molecule has 0 amide bonds. The first kappa shape index (κ1) is 36.8. The van der Waals surface area contributed by atoms with E-state index in [4.69, 9.17) is 4.74 Å². The van der Waals surface area contributed by atoms with Crippen LogP contribution in [0.5, 0.6) is 0 Å². The molecule has 3 N–H and O–H groups in total. The van der Waals surface area contributed by atoms with E-state index in [9.17, 15) is 19.4 Å². The lowest BCUT2D eigenvalue weighted by atomic mass is 9.33. The maximum atomic E-state index is 14.0. The molecule has 7 rings (SSSR count). The monoisotopic (exact) mass is 694 g/mol. The van der Waals surface area contributed by atoms with Crippen LogP contribution in [-0.2, 0) is 9.53 Å². The lowest BCUT2D eigenvalue weighted by Crippen LogP contribution is -2.68. The first-order valence-corrected chi connectivity index (χ1v) is 20.4. The molecule has 0 unspecified atom stereocenters. The molecule has 10 atom stereocenters. The minimum absolute atomic E-state index is 0.00643. The predicted molar refractivity (Wildman–Crippen MR) is 198 cm³/mol. The normalized spacial score (nSPS) is 46.4. The van der Waals surface area contributed by atoms with Gasteiger partial charge in [0.25, 0.3) is 0 Å². The number of fused-ring (bicyclic) bond motifs is 7. The maximum Gasteiger partial charge on any atom is 0.312 e. The summed E-state index contributed by atoms with van der Waals surface area (Å²) in [7, 11) is 0. The molecule has 0 radical (unpaired) electrons. The van der Waals surface area contributed by atoms with Crippen molar-refractivity contribution in [3.8, 4) is 0 Å². The quantitative estimate of drug-likeness (QED) is 0.221. The van der Waals surface area contributed by atoms with Gasteiger partial charge in [-0.05, 0) is 172 Å². The summed E-state index contributed by atoms with van der Waals surface area (Å²) < 4.78 is 19.5.